The van der Waals surface area contributed by atoms with E-state index in [9.17, 15) is 23.5 Å². The van der Waals surface area contributed by atoms with Crippen LogP contribution >= 0.6 is 23.4 Å². The highest BCUT2D eigenvalue weighted by molar-refractivity contribution is 7.99. The normalized spacial score (nSPS) is 19.5. The van der Waals surface area contributed by atoms with E-state index in [4.69, 9.17) is 17.3 Å². The van der Waals surface area contributed by atoms with Crippen LogP contribution in [0.25, 0.3) is 5.65 Å². The van der Waals surface area contributed by atoms with Gasteiger partial charge in [-0.25, -0.2) is 18.7 Å². The van der Waals surface area contributed by atoms with Gasteiger partial charge in [0.25, 0.3) is 17.4 Å². The van der Waals surface area contributed by atoms with Crippen LogP contribution in [-0.2, 0) is 0 Å². The maximum Gasteiger partial charge on any atom is 0.274 e. The summed E-state index contributed by atoms with van der Waals surface area (Å²) in [6.07, 6.45) is 6.28. The van der Waals surface area contributed by atoms with Crippen molar-refractivity contribution in [1.29, 1.82) is 0 Å². The minimum Gasteiger partial charge on any atom is -0.493 e. The number of hydrogen-bond acceptors (Lipinski definition) is 9. The van der Waals surface area contributed by atoms with Crippen molar-refractivity contribution in [2.45, 2.75) is 54.4 Å². The number of rotatable bonds is 5. The molecule has 4 heterocycles. The van der Waals surface area contributed by atoms with Gasteiger partial charge in [-0.05, 0) is 61.8 Å². The lowest BCUT2D eigenvalue weighted by atomic mass is 9.67. The third-order valence-electron chi connectivity index (χ3n) is 9.54. The van der Waals surface area contributed by atoms with Gasteiger partial charge in [0.15, 0.2) is 11.4 Å². The Labute approximate surface area is 259 Å². The summed E-state index contributed by atoms with van der Waals surface area (Å²) in [5, 5.41) is 13.5. The predicted molar refractivity (Wildman–Crippen MR) is 163 cm³/mol. The second-order valence-electron chi connectivity index (χ2n) is 11.7. The van der Waals surface area contributed by atoms with E-state index in [2.05, 4.69) is 25.2 Å². The number of nitrogens with one attached hydrogen (secondary N) is 1. The highest BCUT2D eigenvalue weighted by Gasteiger charge is 2.75. The zero-order valence-corrected chi connectivity index (χ0v) is 25.0. The van der Waals surface area contributed by atoms with Gasteiger partial charge in [-0.3, -0.25) is 14.0 Å². The van der Waals surface area contributed by atoms with Crippen LogP contribution in [-0.4, -0.2) is 49.4 Å². The van der Waals surface area contributed by atoms with Gasteiger partial charge in [0.05, 0.1) is 16.9 Å². The van der Waals surface area contributed by atoms with Crippen LogP contribution in [0.5, 0.6) is 5.88 Å². The van der Waals surface area contributed by atoms with Crippen molar-refractivity contribution in [2.24, 2.45) is 10.8 Å². The Morgan fingerprint density at radius 3 is 2.55 bits per heavy atom. The fourth-order valence-electron chi connectivity index (χ4n) is 7.04. The molecule has 0 unspecified atom stereocenters. The number of hydrogen-bond donors (Lipinski definition) is 3. The van der Waals surface area contributed by atoms with E-state index >= 15 is 0 Å². The van der Waals surface area contributed by atoms with Gasteiger partial charge >= 0.3 is 0 Å². The first kappa shape index (κ1) is 28.8. The number of aromatic hydroxyl groups is 1. The number of halogens is 3. The van der Waals surface area contributed by atoms with E-state index in [1.165, 1.54) is 12.3 Å². The second-order valence-corrected chi connectivity index (χ2v) is 13.1. The predicted octanol–water partition coefficient (Wildman–Crippen LogP) is 5.63. The summed E-state index contributed by atoms with van der Waals surface area (Å²) in [5.74, 6) is -3.35. The number of carbonyl (C=O) groups is 1. The van der Waals surface area contributed by atoms with Gasteiger partial charge in [-0.1, -0.05) is 35.5 Å². The first-order chi connectivity index (χ1) is 21.0. The Hall–Kier alpha value is -3.97. The largest absolute Gasteiger partial charge is 0.493 e. The number of benzene rings is 1. The number of carbonyl (C=O) groups excluding carboxylic acids is 1. The average molecular weight is 640 g/mol. The lowest BCUT2D eigenvalue weighted by molar-refractivity contribution is -0.0861. The fourth-order valence-corrected chi connectivity index (χ4v) is 8.14. The summed E-state index contributed by atoms with van der Waals surface area (Å²) < 4.78 is 30.5. The number of anilines is 3. The van der Waals surface area contributed by atoms with E-state index in [-0.39, 0.29) is 34.0 Å². The summed E-state index contributed by atoms with van der Waals surface area (Å²) in [6.45, 7) is 1.25. The number of alkyl halides is 2. The third-order valence-corrected chi connectivity index (χ3v) is 11.1. The van der Waals surface area contributed by atoms with Crippen LogP contribution in [0.4, 0.5) is 26.1 Å². The van der Waals surface area contributed by atoms with Gasteiger partial charge in [0.2, 0.25) is 5.88 Å². The van der Waals surface area contributed by atoms with Crippen molar-refractivity contribution < 1.29 is 18.7 Å². The molecule has 1 amide bonds. The lowest BCUT2D eigenvalue weighted by Crippen LogP contribution is -2.46. The molecule has 4 aromatic rings. The van der Waals surface area contributed by atoms with Gasteiger partial charge in [-0.2, -0.15) is 4.98 Å². The number of aromatic nitrogens is 4. The average Bonchev–Trinajstić information content (AvgIpc) is 3.80. The van der Waals surface area contributed by atoms with E-state index in [1.807, 2.05) is 0 Å². The van der Waals surface area contributed by atoms with Crippen LogP contribution in [0.1, 0.15) is 48.9 Å². The lowest BCUT2D eigenvalue weighted by Gasteiger charge is -2.44. The van der Waals surface area contributed by atoms with Crippen LogP contribution in [0.15, 0.2) is 63.5 Å². The van der Waals surface area contributed by atoms with Crippen LogP contribution in [0.2, 0.25) is 5.02 Å². The molecular weight excluding hydrogens is 612 g/mol. The van der Waals surface area contributed by atoms with Crippen LogP contribution in [0.3, 0.4) is 0 Å². The number of nitrogens with two attached hydrogens (primary N) is 1. The number of amides is 1. The minimum absolute atomic E-state index is 0.0129. The van der Waals surface area contributed by atoms with Gasteiger partial charge in [-0.15, -0.1) is 0 Å². The summed E-state index contributed by atoms with van der Waals surface area (Å²) >= 11 is 7.78. The quantitative estimate of drug-likeness (QED) is 0.254. The van der Waals surface area contributed by atoms with Crippen molar-refractivity contribution >= 4 is 52.2 Å². The zero-order chi connectivity index (χ0) is 30.9. The van der Waals surface area contributed by atoms with E-state index < -0.39 is 34.2 Å². The second kappa shape index (κ2) is 10.3. The number of nitrogen functional groups attached to an aromatic ring is 1. The van der Waals surface area contributed by atoms with Crippen molar-refractivity contribution in [3.63, 3.8) is 0 Å². The third kappa shape index (κ3) is 4.47. The molecule has 0 atom stereocenters. The monoisotopic (exact) mass is 639 g/mol. The molecule has 228 valence electrons. The minimum atomic E-state index is -2.56. The molecule has 44 heavy (non-hydrogen) atoms. The molecule has 10 nitrogen and oxygen atoms in total. The molecular formula is C30H28ClF2N7O3S. The molecule has 1 saturated heterocycles. The smallest absolute Gasteiger partial charge is 0.274 e. The zero-order valence-electron chi connectivity index (χ0n) is 23.4. The number of fused-ring (bicyclic) bond motifs is 2. The maximum atomic E-state index is 14.7. The van der Waals surface area contributed by atoms with E-state index in [1.54, 1.807) is 36.5 Å². The van der Waals surface area contributed by atoms with Crippen molar-refractivity contribution in [3.05, 3.63) is 69.7 Å². The molecule has 0 radical (unpaired) electrons. The molecule has 4 N–H and O–H groups in total. The molecule has 3 fully saturated rings. The van der Waals surface area contributed by atoms with Crippen LogP contribution < -0.4 is 21.5 Å². The number of piperidine rings is 1. The Morgan fingerprint density at radius 2 is 1.82 bits per heavy atom. The molecule has 1 aliphatic heterocycles. The van der Waals surface area contributed by atoms with Gasteiger partial charge in [0.1, 0.15) is 16.5 Å². The Kier molecular flexibility index (Phi) is 6.74. The highest BCUT2D eigenvalue weighted by Crippen LogP contribution is 2.76. The molecule has 0 bridgehead atoms. The maximum absolute atomic E-state index is 14.7. The Balaban J connectivity index is 1.06. The molecule has 2 aliphatic carbocycles. The van der Waals surface area contributed by atoms with Crippen LogP contribution in [0, 0.1) is 10.8 Å². The number of nitrogens with zero attached hydrogens (tertiary/aromatic N) is 5. The topological polar surface area (TPSA) is 139 Å². The van der Waals surface area contributed by atoms with Crippen molar-refractivity contribution in [3.8, 4) is 5.88 Å². The molecule has 3 aliphatic rings. The summed E-state index contributed by atoms with van der Waals surface area (Å²) in [5.41, 5.74) is 4.34. The fraction of sp³-hybridized carbons (Fsp3) is 0.367. The number of pyridine rings is 1. The molecule has 7 rings (SSSR count). The molecule has 14 heteroatoms. The van der Waals surface area contributed by atoms with Crippen molar-refractivity contribution in [2.75, 3.05) is 29.0 Å². The van der Waals surface area contributed by atoms with Crippen molar-refractivity contribution in [1.82, 2.24) is 19.4 Å². The van der Waals surface area contributed by atoms with Gasteiger partial charge < -0.3 is 21.1 Å². The first-order valence-electron chi connectivity index (χ1n) is 14.3. The standard InChI is InChI=1S/C30H28ClF2N7O3S/c31-22-17(36-24(41)21-25(42)38-19-6-1-2-13-40(19)27(21)43)4-3-5-18(22)44-26-23(34)37-20(16-35-26)39-14-11-28(12-15-39)7-10-30(32,33)29(28)8-9-29/h1-6,13,16,42H,7-12,14-15H2,(H2,34,37)(H,36,41). The highest BCUT2D eigenvalue weighted by atomic mass is 35.5. The Morgan fingerprint density at radius 1 is 1.05 bits per heavy atom. The first-order valence-corrected chi connectivity index (χ1v) is 15.5. The molecule has 2 saturated carbocycles. The summed E-state index contributed by atoms with van der Waals surface area (Å²) in [7, 11) is 0. The summed E-state index contributed by atoms with van der Waals surface area (Å²) in [6, 6.07) is 9.74. The molecule has 3 aromatic heterocycles. The van der Waals surface area contributed by atoms with E-state index in [0.29, 0.717) is 60.9 Å². The molecule has 1 aromatic carbocycles. The van der Waals surface area contributed by atoms with E-state index in [0.717, 1.165) is 16.2 Å². The molecule has 2 spiro atoms. The SMILES string of the molecule is Nc1nc(N2CCC3(CC2)CCC(F)(F)C32CC2)cnc1Sc1cccc(NC(=O)c2c(O)nc3ccccn3c2=O)c1Cl. The van der Waals surface area contributed by atoms with Gasteiger partial charge in [0, 0.05) is 36.0 Å². The summed E-state index contributed by atoms with van der Waals surface area (Å²) in [4.78, 5) is 41.5. The Bertz CT molecular complexity index is 1880.